The number of aryl methyl sites for hydroxylation is 1. The van der Waals surface area contributed by atoms with E-state index in [0.29, 0.717) is 0 Å². The predicted octanol–water partition coefficient (Wildman–Crippen LogP) is 2.84. The SMILES string of the molecule is CCC(C)(C(C)=O)c1ccoc1C. The van der Waals surface area contributed by atoms with E-state index in [1.165, 1.54) is 0 Å². The van der Waals surface area contributed by atoms with E-state index >= 15 is 0 Å². The van der Waals surface area contributed by atoms with Crippen molar-refractivity contribution in [2.24, 2.45) is 0 Å². The van der Waals surface area contributed by atoms with Crippen molar-refractivity contribution >= 4 is 5.78 Å². The van der Waals surface area contributed by atoms with Gasteiger partial charge in [0, 0.05) is 5.56 Å². The van der Waals surface area contributed by atoms with Gasteiger partial charge in [-0.05, 0) is 33.3 Å². The fourth-order valence-corrected chi connectivity index (χ4v) is 1.59. The maximum Gasteiger partial charge on any atom is 0.140 e. The van der Waals surface area contributed by atoms with Gasteiger partial charge in [0.05, 0.1) is 11.7 Å². The van der Waals surface area contributed by atoms with Gasteiger partial charge in [0.2, 0.25) is 0 Å². The van der Waals surface area contributed by atoms with E-state index in [-0.39, 0.29) is 11.2 Å². The van der Waals surface area contributed by atoms with Crippen molar-refractivity contribution in [1.29, 1.82) is 0 Å². The average molecular weight is 180 g/mol. The van der Waals surface area contributed by atoms with E-state index in [0.717, 1.165) is 17.7 Å². The van der Waals surface area contributed by atoms with Crippen LogP contribution in [0.1, 0.15) is 38.5 Å². The van der Waals surface area contributed by atoms with Crippen molar-refractivity contribution < 1.29 is 9.21 Å². The van der Waals surface area contributed by atoms with Crippen LogP contribution in [0.5, 0.6) is 0 Å². The van der Waals surface area contributed by atoms with Gasteiger partial charge in [-0.1, -0.05) is 6.92 Å². The molecule has 0 aliphatic heterocycles. The largest absolute Gasteiger partial charge is 0.469 e. The molecule has 72 valence electrons. The van der Waals surface area contributed by atoms with E-state index in [1.54, 1.807) is 13.2 Å². The molecular weight excluding hydrogens is 164 g/mol. The summed E-state index contributed by atoms with van der Waals surface area (Å²) in [6.45, 7) is 7.52. The van der Waals surface area contributed by atoms with Crippen LogP contribution in [-0.2, 0) is 10.2 Å². The van der Waals surface area contributed by atoms with Gasteiger partial charge in [-0.15, -0.1) is 0 Å². The molecule has 0 aromatic carbocycles. The summed E-state index contributed by atoms with van der Waals surface area (Å²) in [7, 11) is 0. The summed E-state index contributed by atoms with van der Waals surface area (Å²) in [5, 5.41) is 0. The second-order valence-corrected chi connectivity index (χ2v) is 3.63. The van der Waals surface area contributed by atoms with Gasteiger partial charge in [-0.2, -0.15) is 0 Å². The lowest BCUT2D eigenvalue weighted by Gasteiger charge is -2.24. The molecule has 0 aliphatic carbocycles. The maximum absolute atomic E-state index is 11.5. The van der Waals surface area contributed by atoms with Crippen molar-refractivity contribution in [3.05, 3.63) is 23.7 Å². The molecule has 1 rings (SSSR count). The smallest absolute Gasteiger partial charge is 0.140 e. The van der Waals surface area contributed by atoms with E-state index in [2.05, 4.69) is 0 Å². The topological polar surface area (TPSA) is 30.2 Å². The van der Waals surface area contributed by atoms with E-state index < -0.39 is 0 Å². The van der Waals surface area contributed by atoms with Crippen LogP contribution in [0, 0.1) is 6.92 Å². The Kier molecular flexibility index (Phi) is 2.60. The quantitative estimate of drug-likeness (QED) is 0.716. The molecule has 2 nitrogen and oxygen atoms in total. The lowest BCUT2D eigenvalue weighted by atomic mass is 9.77. The summed E-state index contributed by atoms with van der Waals surface area (Å²) in [5.74, 6) is 1.04. The Morgan fingerprint density at radius 2 is 2.23 bits per heavy atom. The highest BCUT2D eigenvalue weighted by Crippen LogP contribution is 2.31. The Labute approximate surface area is 78.9 Å². The molecule has 0 spiro atoms. The third kappa shape index (κ3) is 1.53. The van der Waals surface area contributed by atoms with Crippen molar-refractivity contribution in [2.45, 2.75) is 39.5 Å². The third-order valence-electron chi connectivity index (χ3n) is 2.94. The first-order chi connectivity index (χ1) is 6.02. The molecule has 13 heavy (non-hydrogen) atoms. The van der Waals surface area contributed by atoms with Crippen molar-refractivity contribution in [3.63, 3.8) is 0 Å². The fraction of sp³-hybridized carbons (Fsp3) is 0.545. The van der Waals surface area contributed by atoms with Crippen LogP contribution < -0.4 is 0 Å². The van der Waals surface area contributed by atoms with Crippen LogP contribution in [0.4, 0.5) is 0 Å². The third-order valence-corrected chi connectivity index (χ3v) is 2.94. The Hall–Kier alpha value is -1.05. The number of furan rings is 1. The fourth-order valence-electron chi connectivity index (χ4n) is 1.59. The molecule has 0 radical (unpaired) electrons. The van der Waals surface area contributed by atoms with Gasteiger partial charge in [0.15, 0.2) is 0 Å². The number of carbonyl (C=O) groups excluding carboxylic acids is 1. The molecule has 1 aromatic heterocycles. The standard InChI is InChI=1S/C11H16O2/c1-5-11(4,9(3)12)10-6-7-13-8(10)2/h6-7H,5H2,1-4H3. The number of hydrogen-bond acceptors (Lipinski definition) is 2. The Morgan fingerprint density at radius 1 is 1.62 bits per heavy atom. The van der Waals surface area contributed by atoms with Crippen molar-refractivity contribution in [1.82, 2.24) is 0 Å². The monoisotopic (exact) mass is 180 g/mol. The number of hydrogen-bond donors (Lipinski definition) is 0. The maximum atomic E-state index is 11.5. The molecule has 0 amide bonds. The van der Waals surface area contributed by atoms with E-state index in [1.807, 2.05) is 26.8 Å². The number of rotatable bonds is 3. The molecule has 1 atom stereocenters. The first-order valence-electron chi connectivity index (χ1n) is 4.58. The highest BCUT2D eigenvalue weighted by atomic mass is 16.3. The number of Topliss-reactive ketones (excluding diaryl/α,β-unsaturated/α-hetero) is 1. The molecule has 2 heteroatoms. The summed E-state index contributed by atoms with van der Waals surface area (Å²) in [5.41, 5.74) is 0.638. The summed E-state index contributed by atoms with van der Waals surface area (Å²) in [6, 6.07) is 1.89. The van der Waals surface area contributed by atoms with Gasteiger partial charge < -0.3 is 4.42 Å². The predicted molar refractivity (Wildman–Crippen MR) is 51.8 cm³/mol. The highest BCUT2D eigenvalue weighted by molar-refractivity contribution is 5.87. The minimum Gasteiger partial charge on any atom is -0.469 e. The zero-order valence-corrected chi connectivity index (χ0v) is 8.68. The summed E-state index contributed by atoms with van der Waals surface area (Å²) in [6.07, 6.45) is 2.45. The molecular formula is C11H16O2. The minimum absolute atomic E-state index is 0.194. The lowest BCUT2D eigenvalue weighted by Crippen LogP contribution is -2.29. The average Bonchev–Trinajstić information content (AvgIpc) is 2.50. The number of carbonyl (C=O) groups is 1. The zero-order chi connectivity index (χ0) is 10.1. The van der Waals surface area contributed by atoms with Crippen LogP contribution in [0.15, 0.2) is 16.7 Å². The van der Waals surface area contributed by atoms with Crippen molar-refractivity contribution in [3.8, 4) is 0 Å². The first-order valence-corrected chi connectivity index (χ1v) is 4.58. The van der Waals surface area contributed by atoms with Gasteiger partial charge in [0.25, 0.3) is 0 Å². The van der Waals surface area contributed by atoms with Crippen LogP contribution in [-0.4, -0.2) is 5.78 Å². The summed E-state index contributed by atoms with van der Waals surface area (Å²) >= 11 is 0. The summed E-state index contributed by atoms with van der Waals surface area (Å²) in [4.78, 5) is 11.5. The Morgan fingerprint density at radius 3 is 2.54 bits per heavy atom. The molecule has 0 fully saturated rings. The molecule has 1 aromatic rings. The van der Waals surface area contributed by atoms with Crippen LogP contribution in [0.25, 0.3) is 0 Å². The van der Waals surface area contributed by atoms with Crippen LogP contribution in [0.3, 0.4) is 0 Å². The highest BCUT2D eigenvalue weighted by Gasteiger charge is 2.32. The molecule has 0 aliphatic rings. The number of ketones is 1. The lowest BCUT2D eigenvalue weighted by molar-refractivity contribution is -0.122. The minimum atomic E-state index is -0.378. The van der Waals surface area contributed by atoms with E-state index in [9.17, 15) is 4.79 Å². The molecule has 0 saturated carbocycles. The molecule has 1 heterocycles. The summed E-state index contributed by atoms with van der Waals surface area (Å²) < 4.78 is 5.21. The van der Waals surface area contributed by atoms with Crippen molar-refractivity contribution in [2.75, 3.05) is 0 Å². The molecule has 0 bridgehead atoms. The first kappa shape index (κ1) is 10.0. The van der Waals surface area contributed by atoms with Gasteiger partial charge in [-0.3, -0.25) is 4.79 Å². The van der Waals surface area contributed by atoms with Crippen LogP contribution >= 0.6 is 0 Å². The van der Waals surface area contributed by atoms with E-state index in [4.69, 9.17) is 4.42 Å². The normalized spacial score (nSPS) is 15.4. The Balaban J connectivity index is 3.17. The second-order valence-electron chi connectivity index (χ2n) is 3.63. The molecule has 0 N–H and O–H groups in total. The van der Waals surface area contributed by atoms with Gasteiger partial charge in [-0.25, -0.2) is 0 Å². The van der Waals surface area contributed by atoms with Gasteiger partial charge in [0.1, 0.15) is 11.5 Å². The van der Waals surface area contributed by atoms with Crippen LogP contribution in [0.2, 0.25) is 0 Å². The zero-order valence-electron chi connectivity index (χ0n) is 8.68. The molecule has 0 saturated heterocycles. The second kappa shape index (κ2) is 3.36. The Bertz CT molecular complexity index is 312. The molecule has 1 unspecified atom stereocenters. The van der Waals surface area contributed by atoms with Gasteiger partial charge >= 0.3 is 0 Å².